The zero-order valence-corrected chi connectivity index (χ0v) is 18.5. The standard InChI is InChI=1S/C28H25NO3/c1-4-20-8-12-21(13-9-20)26-16-24(23-15-19(3)7-14-25(23)29-26)28(31)32-17-27(30)22-10-5-18(2)6-11-22/h5-16H,4,17H2,1-3H3. The molecule has 0 aliphatic carbocycles. The summed E-state index contributed by atoms with van der Waals surface area (Å²) in [6, 6.07) is 22.9. The summed E-state index contributed by atoms with van der Waals surface area (Å²) in [6.07, 6.45) is 0.956. The summed E-state index contributed by atoms with van der Waals surface area (Å²) < 4.78 is 5.43. The molecule has 4 aromatic rings. The number of ketones is 1. The minimum Gasteiger partial charge on any atom is -0.454 e. The van der Waals surface area contributed by atoms with Gasteiger partial charge >= 0.3 is 5.97 Å². The average Bonchev–Trinajstić information content (AvgIpc) is 2.82. The van der Waals surface area contributed by atoms with Crippen molar-refractivity contribution in [1.29, 1.82) is 0 Å². The fourth-order valence-corrected chi connectivity index (χ4v) is 3.60. The molecule has 160 valence electrons. The molecule has 0 fully saturated rings. The van der Waals surface area contributed by atoms with Crippen molar-refractivity contribution in [2.75, 3.05) is 6.61 Å². The molecular formula is C28H25NO3. The highest BCUT2D eigenvalue weighted by atomic mass is 16.5. The molecule has 1 heterocycles. The summed E-state index contributed by atoms with van der Waals surface area (Å²) >= 11 is 0. The van der Waals surface area contributed by atoms with Gasteiger partial charge in [0, 0.05) is 16.5 Å². The first kappa shape index (κ1) is 21.4. The largest absolute Gasteiger partial charge is 0.454 e. The Kier molecular flexibility index (Phi) is 6.13. The van der Waals surface area contributed by atoms with Gasteiger partial charge in [-0.25, -0.2) is 9.78 Å². The lowest BCUT2D eigenvalue weighted by molar-refractivity contribution is 0.0476. The Morgan fingerprint density at radius 1 is 0.844 bits per heavy atom. The summed E-state index contributed by atoms with van der Waals surface area (Å²) in [7, 11) is 0. The molecule has 0 radical (unpaired) electrons. The van der Waals surface area contributed by atoms with E-state index < -0.39 is 5.97 Å². The molecule has 3 aromatic carbocycles. The molecule has 4 rings (SSSR count). The molecule has 0 saturated carbocycles. The summed E-state index contributed by atoms with van der Waals surface area (Å²) in [5, 5.41) is 0.715. The van der Waals surface area contributed by atoms with Crippen LogP contribution in [0.5, 0.6) is 0 Å². The van der Waals surface area contributed by atoms with E-state index in [1.165, 1.54) is 5.56 Å². The molecule has 0 unspecified atom stereocenters. The van der Waals surface area contributed by atoms with Crippen LogP contribution in [0.4, 0.5) is 0 Å². The van der Waals surface area contributed by atoms with Gasteiger partial charge in [0.2, 0.25) is 0 Å². The monoisotopic (exact) mass is 423 g/mol. The number of hydrogen-bond donors (Lipinski definition) is 0. The van der Waals surface area contributed by atoms with E-state index in [9.17, 15) is 9.59 Å². The van der Waals surface area contributed by atoms with E-state index in [-0.39, 0.29) is 12.4 Å². The molecule has 1 aromatic heterocycles. The minimum absolute atomic E-state index is 0.233. The highest BCUT2D eigenvalue weighted by Crippen LogP contribution is 2.27. The number of nitrogens with zero attached hydrogens (tertiary/aromatic N) is 1. The van der Waals surface area contributed by atoms with Crippen LogP contribution in [0, 0.1) is 13.8 Å². The number of carbonyl (C=O) groups excluding carboxylic acids is 2. The molecule has 4 heteroatoms. The molecule has 0 N–H and O–H groups in total. The van der Waals surface area contributed by atoms with Crippen LogP contribution in [0.25, 0.3) is 22.2 Å². The van der Waals surface area contributed by atoms with Gasteiger partial charge in [0.05, 0.1) is 16.8 Å². The molecule has 0 saturated heterocycles. The maximum atomic E-state index is 13.0. The van der Waals surface area contributed by atoms with Crippen molar-refractivity contribution in [2.45, 2.75) is 27.2 Å². The van der Waals surface area contributed by atoms with Gasteiger partial charge in [0.1, 0.15) is 0 Å². The average molecular weight is 424 g/mol. The van der Waals surface area contributed by atoms with Gasteiger partial charge in [0.15, 0.2) is 12.4 Å². The molecule has 32 heavy (non-hydrogen) atoms. The zero-order chi connectivity index (χ0) is 22.7. The van der Waals surface area contributed by atoms with Gasteiger partial charge in [-0.15, -0.1) is 0 Å². The van der Waals surface area contributed by atoms with Crippen molar-refractivity contribution in [3.8, 4) is 11.3 Å². The van der Waals surface area contributed by atoms with Crippen LogP contribution in [-0.2, 0) is 11.2 Å². The number of aromatic nitrogens is 1. The number of carbonyl (C=O) groups is 2. The maximum Gasteiger partial charge on any atom is 0.339 e. The molecular weight excluding hydrogens is 398 g/mol. The lowest BCUT2D eigenvalue weighted by Crippen LogP contribution is -2.15. The number of pyridine rings is 1. The Balaban J connectivity index is 1.66. The molecule has 0 atom stereocenters. The Hall–Kier alpha value is -3.79. The van der Waals surface area contributed by atoms with Crippen molar-refractivity contribution in [3.05, 3.63) is 101 Å². The highest BCUT2D eigenvalue weighted by molar-refractivity contribution is 6.06. The lowest BCUT2D eigenvalue weighted by atomic mass is 10.0. The van der Waals surface area contributed by atoms with Crippen LogP contribution in [-0.4, -0.2) is 23.3 Å². The molecule has 0 aliphatic rings. The number of rotatable bonds is 6. The minimum atomic E-state index is -0.533. The third-order valence-electron chi connectivity index (χ3n) is 5.55. The summed E-state index contributed by atoms with van der Waals surface area (Å²) in [5.74, 6) is -0.766. The predicted molar refractivity (Wildman–Crippen MR) is 127 cm³/mol. The van der Waals surface area contributed by atoms with Crippen LogP contribution in [0.15, 0.2) is 72.8 Å². The lowest BCUT2D eigenvalue weighted by Gasteiger charge is -2.11. The normalized spacial score (nSPS) is 10.8. The van der Waals surface area contributed by atoms with Gasteiger partial charge in [-0.05, 0) is 44.0 Å². The topological polar surface area (TPSA) is 56.3 Å². The highest BCUT2D eigenvalue weighted by Gasteiger charge is 2.17. The predicted octanol–water partition coefficient (Wildman–Crippen LogP) is 6.12. The van der Waals surface area contributed by atoms with Crippen molar-refractivity contribution in [1.82, 2.24) is 4.98 Å². The van der Waals surface area contributed by atoms with Crippen LogP contribution in [0.3, 0.4) is 0 Å². The van der Waals surface area contributed by atoms with Gasteiger partial charge in [-0.2, -0.15) is 0 Å². The van der Waals surface area contributed by atoms with E-state index in [1.54, 1.807) is 18.2 Å². The smallest absolute Gasteiger partial charge is 0.339 e. The number of esters is 1. The van der Waals surface area contributed by atoms with Crippen molar-refractivity contribution in [3.63, 3.8) is 0 Å². The maximum absolute atomic E-state index is 13.0. The van der Waals surface area contributed by atoms with Crippen LogP contribution < -0.4 is 0 Å². The van der Waals surface area contributed by atoms with Gasteiger partial charge < -0.3 is 4.74 Å². The van der Waals surface area contributed by atoms with Crippen LogP contribution in [0.2, 0.25) is 0 Å². The number of fused-ring (bicyclic) bond motifs is 1. The fourth-order valence-electron chi connectivity index (χ4n) is 3.60. The number of hydrogen-bond acceptors (Lipinski definition) is 4. The third kappa shape index (κ3) is 4.59. The summed E-state index contributed by atoms with van der Waals surface area (Å²) in [6.45, 7) is 5.72. The van der Waals surface area contributed by atoms with Crippen LogP contribution in [0.1, 0.15) is 44.3 Å². The third-order valence-corrected chi connectivity index (χ3v) is 5.55. The van der Waals surface area contributed by atoms with E-state index in [1.807, 2.05) is 56.3 Å². The fraction of sp³-hybridized carbons (Fsp3) is 0.179. The van der Waals surface area contributed by atoms with Gasteiger partial charge in [-0.3, -0.25) is 4.79 Å². The van der Waals surface area contributed by atoms with Crippen molar-refractivity contribution < 1.29 is 14.3 Å². The second-order valence-corrected chi connectivity index (χ2v) is 7.99. The second kappa shape index (κ2) is 9.15. The molecule has 4 nitrogen and oxygen atoms in total. The Morgan fingerprint density at radius 3 is 2.22 bits per heavy atom. The van der Waals surface area contributed by atoms with Crippen LogP contribution >= 0.6 is 0 Å². The van der Waals surface area contributed by atoms with Crippen molar-refractivity contribution >= 4 is 22.7 Å². The number of aryl methyl sites for hydroxylation is 3. The first-order valence-electron chi connectivity index (χ1n) is 10.7. The molecule has 0 aliphatic heterocycles. The SMILES string of the molecule is CCc1ccc(-c2cc(C(=O)OCC(=O)c3ccc(C)cc3)c3cc(C)ccc3n2)cc1. The van der Waals surface area contributed by atoms with E-state index in [2.05, 4.69) is 19.1 Å². The van der Waals surface area contributed by atoms with E-state index in [0.29, 0.717) is 27.7 Å². The van der Waals surface area contributed by atoms with Crippen molar-refractivity contribution in [2.24, 2.45) is 0 Å². The zero-order valence-electron chi connectivity index (χ0n) is 18.5. The van der Waals surface area contributed by atoms with E-state index in [4.69, 9.17) is 9.72 Å². The second-order valence-electron chi connectivity index (χ2n) is 7.99. The quantitative estimate of drug-likeness (QED) is 0.277. The summed E-state index contributed by atoms with van der Waals surface area (Å²) in [4.78, 5) is 30.3. The first-order valence-corrected chi connectivity index (χ1v) is 10.7. The van der Waals surface area contributed by atoms with E-state index >= 15 is 0 Å². The Bertz CT molecular complexity index is 1290. The molecule has 0 amide bonds. The first-order chi connectivity index (χ1) is 15.4. The number of Topliss-reactive ketones (excluding diaryl/α,β-unsaturated/α-hetero) is 1. The van der Waals surface area contributed by atoms with Gasteiger partial charge in [0.25, 0.3) is 0 Å². The Labute approximate surface area is 187 Å². The molecule has 0 bridgehead atoms. The van der Waals surface area contributed by atoms with E-state index in [0.717, 1.165) is 23.1 Å². The van der Waals surface area contributed by atoms with Gasteiger partial charge in [-0.1, -0.05) is 72.6 Å². The molecule has 0 spiro atoms. The summed E-state index contributed by atoms with van der Waals surface area (Å²) in [5.41, 5.74) is 6.58. The Morgan fingerprint density at radius 2 is 1.53 bits per heavy atom. The number of ether oxygens (including phenoxy) is 1. The number of benzene rings is 3.